The highest BCUT2D eigenvalue weighted by Crippen LogP contribution is 2.33. The summed E-state index contributed by atoms with van der Waals surface area (Å²) in [5, 5.41) is 21.4. The lowest BCUT2D eigenvalue weighted by atomic mass is 9.93. The molecule has 2 fully saturated rings. The highest BCUT2D eigenvalue weighted by atomic mass is 16.2. The van der Waals surface area contributed by atoms with Crippen LogP contribution >= 0.6 is 0 Å². The van der Waals surface area contributed by atoms with E-state index in [-0.39, 0.29) is 29.4 Å². The number of nitrogens with one attached hydrogen (secondary N) is 3. The Labute approximate surface area is 182 Å². The third kappa shape index (κ3) is 3.31. The molecule has 4 heterocycles. The van der Waals surface area contributed by atoms with Crippen molar-refractivity contribution in [2.45, 2.75) is 44.2 Å². The van der Waals surface area contributed by atoms with E-state index >= 15 is 0 Å². The molecule has 32 heavy (non-hydrogen) atoms. The summed E-state index contributed by atoms with van der Waals surface area (Å²) in [6, 6.07) is 3.87. The van der Waals surface area contributed by atoms with Crippen LogP contribution in [-0.2, 0) is 0 Å². The molecule has 4 aromatic heterocycles. The fraction of sp³-hybridized carbons (Fsp3) is 0.333. The minimum Gasteiger partial charge on any atom is -0.348 e. The van der Waals surface area contributed by atoms with Crippen molar-refractivity contribution in [2.24, 2.45) is 0 Å². The summed E-state index contributed by atoms with van der Waals surface area (Å²) in [4.78, 5) is 30.3. The summed E-state index contributed by atoms with van der Waals surface area (Å²) in [5.74, 6) is -0.681. The SMILES string of the molecule is O=C(Nc1cn(C2CCC2)nc1C(=O)NC1CC1)c1ccn2ncc(-c3ccn[nH]3)c2n1. The molecule has 162 valence electrons. The van der Waals surface area contributed by atoms with Crippen molar-refractivity contribution in [1.29, 1.82) is 0 Å². The van der Waals surface area contributed by atoms with E-state index in [2.05, 4.69) is 36.0 Å². The molecule has 0 aromatic carbocycles. The van der Waals surface area contributed by atoms with Crippen LogP contribution in [0.15, 0.2) is 36.9 Å². The van der Waals surface area contributed by atoms with Crippen molar-refractivity contribution in [2.75, 3.05) is 5.32 Å². The Kier molecular flexibility index (Phi) is 4.27. The summed E-state index contributed by atoms with van der Waals surface area (Å²) in [5.41, 5.74) is 2.86. The number of carbonyl (C=O) groups excluding carboxylic acids is 2. The molecule has 0 unspecified atom stereocenters. The lowest BCUT2D eigenvalue weighted by molar-refractivity contribution is 0.0945. The Hall–Kier alpha value is -4.02. The highest BCUT2D eigenvalue weighted by Gasteiger charge is 2.29. The van der Waals surface area contributed by atoms with Crippen LogP contribution in [0.25, 0.3) is 16.9 Å². The number of aromatic nitrogens is 7. The summed E-state index contributed by atoms with van der Waals surface area (Å²) >= 11 is 0. The standard InChI is InChI=1S/C21H21N9O2/c31-20(16-7-9-29-19(25-16)14(10-23-29)15-6-8-22-27-15)26-17-11-30(13-2-1-3-13)28-18(17)21(32)24-12-4-5-12/h6-13H,1-5H2,(H,22,27)(H,24,32)(H,26,31). The molecule has 0 atom stereocenters. The van der Waals surface area contributed by atoms with Gasteiger partial charge in [0.05, 0.1) is 29.2 Å². The van der Waals surface area contributed by atoms with Gasteiger partial charge in [-0.05, 0) is 44.2 Å². The van der Waals surface area contributed by atoms with Crippen molar-refractivity contribution in [3.05, 3.63) is 48.3 Å². The molecule has 0 aliphatic heterocycles. The molecule has 2 aliphatic rings. The number of fused-ring (bicyclic) bond motifs is 1. The van der Waals surface area contributed by atoms with Gasteiger partial charge in [-0.2, -0.15) is 15.3 Å². The van der Waals surface area contributed by atoms with Crippen LogP contribution in [0.3, 0.4) is 0 Å². The number of nitrogens with zero attached hydrogens (tertiary/aromatic N) is 6. The fourth-order valence-corrected chi connectivity index (χ4v) is 3.75. The Balaban J connectivity index is 1.30. The van der Waals surface area contributed by atoms with Gasteiger partial charge in [0.15, 0.2) is 11.3 Å². The van der Waals surface area contributed by atoms with Gasteiger partial charge in [-0.15, -0.1) is 0 Å². The molecule has 0 radical (unpaired) electrons. The van der Waals surface area contributed by atoms with Crippen molar-refractivity contribution < 1.29 is 9.59 Å². The van der Waals surface area contributed by atoms with Crippen LogP contribution in [-0.4, -0.2) is 52.4 Å². The molecule has 2 amide bonds. The first kappa shape index (κ1) is 18.7. The van der Waals surface area contributed by atoms with E-state index in [9.17, 15) is 9.59 Å². The number of aromatic amines is 1. The van der Waals surface area contributed by atoms with Gasteiger partial charge in [0, 0.05) is 24.6 Å². The zero-order valence-electron chi connectivity index (χ0n) is 17.2. The number of carbonyl (C=O) groups is 2. The molecule has 2 saturated carbocycles. The van der Waals surface area contributed by atoms with Gasteiger partial charge in [-0.1, -0.05) is 0 Å². The van der Waals surface area contributed by atoms with Gasteiger partial charge < -0.3 is 10.6 Å². The van der Waals surface area contributed by atoms with Gasteiger partial charge in [0.1, 0.15) is 5.69 Å². The van der Waals surface area contributed by atoms with Crippen LogP contribution in [0.5, 0.6) is 0 Å². The molecule has 0 spiro atoms. The average molecular weight is 431 g/mol. The Morgan fingerprint density at radius 1 is 1.12 bits per heavy atom. The molecule has 6 rings (SSSR count). The van der Waals surface area contributed by atoms with E-state index in [4.69, 9.17) is 0 Å². The maximum absolute atomic E-state index is 13.1. The van der Waals surface area contributed by atoms with Crippen molar-refractivity contribution in [3.63, 3.8) is 0 Å². The average Bonchev–Trinajstić information content (AvgIpc) is 3.14. The largest absolute Gasteiger partial charge is 0.348 e. The fourth-order valence-electron chi connectivity index (χ4n) is 3.75. The minimum atomic E-state index is -0.419. The second kappa shape index (κ2) is 7.29. The first-order chi connectivity index (χ1) is 15.7. The first-order valence-corrected chi connectivity index (χ1v) is 10.7. The minimum absolute atomic E-state index is 0.201. The van der Waals surface area contributed by atoms with Gasteiger partial charge in [0.25, 0.3) is 11.8 Å². The van der Waals surface area contributed by atoms with Crippen LogP contribution in [0.2, 0.25) is 0 Å². The number of hydrogen-bond acceptors (Lipinski definition) is 6. The molecule has 3 N–H and O–H groups in total. The van der Waals surface area contributed by atoms with Gasteiger partial charge in [-0.3, -0.25) is 19.4 Å². The third-order valence-electron chi connectivity index (χ3n) is 5.95. The van der Waals surface area contributed by atoms with Crippen LogP contribution < -0.4 is 10.6 Å². The van der Waals surface area contributed by atoms with Crippen molar-refractivity contribution in [1.82, 2.24) is 39.9 Å². The predicted octanol–water partition coefficient (Wildman–Crippen LogP) is 2.19. The van der Waals surface area contributed by atoms with E-state index in [0.29, 0.717) is 11.3 Å². The number of hydrogen-bond donors (Lipinski definition) is 3. The molecule has 11 nitrogen and oxygen atoms in total. The van der Waals surface area contributed by atoms with Crippen molar-refractivity contribution in [3.8, 4) is 11.3 Å². The van der Waals surface area contributed by atoms with Crippen LogP contribution in [0, 0.1) is 0 Å². The Bertz CT molecular complexity index is 1310. The lowest BCUT2D eigenvalue weighted by Gasteiger charge is -2.25. The molecule has 0 bridgehead atoms. The molecular weight excluding hydrogens is 410 g/mol. The maximum Gasteiger partial charge on any atom is 0.274 e. The van der Waals surface area contributed by atoms with E-state index in [0.717, 1.165) is 43.4 Å². The smallest absolute Gasteiger partial charge is 0.274 e. The quantitative estimate of drug-likeness (QED) is 0.428. The van der Waals surface area contributed by atoms with Crippen LogP contribution in [0.4, 0.5) is 5.69 Å². The molecule has 11 heteroatoms. The predicted molar refractivity (Wildman–Crippen MR) is 114 cm³/mol. The first-order valence-electron chi connectivity index (χ1n) is 10.7. The zero-order valence-corrected chi connectivity index (χ0v) is 17.2. The molecular formula is C21H21N9O2. The normalized spacial score (nSPS) is 16.1. The summed E-state index contributed by atoms with van der Waals surface area (Å²) < 4.78 is 3.39. The number of anilines is 1. The summed E-state index contributed by atoms with van der Waals surface area (Å²) in [6.07, 6.45) is 11.9. The van der Waals surface area contributed by atoms with Crippen LogP contribution in [0.1, 0.15) is 59.1 Å². The van der Waals surface area contributed by atoms with Gasteiger partial charge >= 0.3 is 0 Å². The molecule has 2 aliphatic carbocycles. The molecule has 0 saturated heterocycles. The Morgan fingerprint density at radius 2 is 2.00 bits per heavy atom. The number of amides is 2. The maximum atomic E-state index is 13.1. The van der Waals surface area contributed by atoms with Gasteiger partial charge in [-0.25, -0.2) is 9.50 Å². The zero-order chi connectivity index (χ0) is 21.7. The number of rotatable bonds is 6. The highest BCUT2D eigenvalue weighted by molar-refractivity contribution is 6.07. The summed E-state index contributed by atoms with van der Waals surface area (Å²) in [7, 11) is 0. The van der Waals surface area contributed by atoms with E-state index < -0.39 is 5.91 Å². The monoisotopic (exact) mass is 431 g/mol. The second-order valence-electron chi connectivity index (χ2n) is 8.27. The van der Waals surface area contributed by atoms with E-state index in [1.165, 1.54) is 0 Å². The van der Waals surface area contributed by atoms with E-state index in [1.54, 1.807) is 40.1 Å². The van der Waals surface area contributed by atoms with E-state index in [1.807, 2.05) is 6.07 Å². The third-order valence-corrected chi connectivity index (χ3v) is 5.95. The van der Waals surface area contributed by atoms with Gasteiger partial charge in [0.2, 0.25) is 0 Å². The lowest BCUT2D eigenvalue weighted by Crippen LogP contribution is -2.27. The van der Waals surface area contributed by atoms with Crippen molar-refractivity contribution >= 4 is 23.1 Å². The summed E-state index contributed by atoms with van der Waals surface area (Å²) in [6.45, 7) is 0. The Morgan fingerprint density at radius 3 is 2.72 bits per heavy atom. The molecule has 4 aromatic rings. The number of H-pyrrole nitrogens is 1. The second-order valence-corrected chi connectivity index (χ2v) is 8.27. The topological polar surface area (TPSA) is 135 Å².